The van der Waals surface area contributed by atoms with E-state index in [1.165, 1.54) is 14.2 Å². The molecule has 0 heterocycles. The number of rotatable bonds is 6. The van der Waals surface area contributed by atoms with E-state index in [0.29, 0.717) is 12.8 Å². The van der Waals surface area contributed by atoms with Gasteiger partial charge in [0.05, 0.1) is 17.9 Å². The first kappa shape index (κ1) is 15.9. The Morgan fingerprint density at radius 3 is 2.16 bits per heavy atom. The summed E-state index contributed by atoms with van der Waals surface area (Å²) < 4.78 is 10.1. The Morgan fingerprint density at radius 2 is 1.68 bits per heavy atom. The van der Waals surface area contributed by atoms with Gasteiger partial charge in [0.1, 0.15) is 0 Å². The molecule has 19 heavy (non-hydrogen) atoms. The van der Waals surface area contributed by atoms with E-state index in [1.54, 1.807) is 6.92 Å². The quantitative estimate of drug-likeness (QED) is 0.705. The summed E-state index contributed by atoms with van der Waals surface area (Å²) in [4.78, 5) is 23.3. The van der Waals surface area contributed by atoms with Crippen LogP contribution in [0.25, 0.3) is 0 Å². The topological polar surface area (TPSA) is 84.9 Å². The van der Waals surface area contributed by atoms with Gasteiger partial charge in [-0.15, -0.1) is 0 Å². The SMILES string of the molecule is COC(OC)C(C)NC(=O)C1CCCCC1C(=O)O. The zero-order valence-corrected chi connectivity index (χ0v) is 11.7. The molecule has 0 aromatic carbocycles. The zero-order chi connectivity index (χ0) is 14.4. The molecule has 0 aromatic rings. The Balaban J connectivity index is 2.62. The van der Waals surface area contributed by atoms with Gasteiger partial charge in [-0.2, -0.15) is 0 Å². The number of carboxylic acids is 1. The maximum atomic E-state index is 12.2. The summed E-state index contributed by atoms with van der Waals surface area (Å²) in [6.07, 6.45) is 2.43. The molecule has 2 N–H and O–H groups in total. The summed E-state index contributed by atoms with van der Waals surface area (Å²) in [5.74, 6) is -2.14. The molecule has 0 aliphatic heterocycles. The standard InChI is InChI=1S/C13H23NO5/c1-8(13(18-2)19-3)14-11(15)9-6-4-5-7-10(9)12(16)17/h8-10,13H,4-7H2,1-3H3,(H,14,15)(H,16,17). The van der Waals surface area contributed by atoms with Crippen molar-refractivity contribution in [3.63, 3.8) is 0 Å². The fourth-order valence-electron chi connectivity index (χ4n) is 2.64. The van der Waals surface area contributed by atoms with Crippen LogP contribution in [0.15, 0.2) is 0 Å². The molecule has 0 bridgehead atoms. The van der Waals surface area contributed by atoms with Crippen LogP contribution >= 0.6 is 0 Å². The van der Waals surface area contributed by atoms with E-state index in [1.807, 2.05) is 0 Å². The van der Waals surface area contributed by atoms with Crippen molar-refractivity contribution in [1.29, 1.82) is 0 Å². The third-order valence-electron chi connectivity index (χ3n) is 3.66. The maximum absolute atomic E-state index is 12.2. The first-order chi connectivity index (χ1) is 9.01. The van der Waals surface area contributed by atoms with Gasteiger partial charge in [-0.3, -0.25) is 9.59 Å². The second-order valence-corrected chi connectivity index (χ2v) is 4.97. The van der Waals surface area contributed by atoms with Gasteiger partial charge in [0.25, 0.3) is 0 Å². The number of hydrogen-bond acceptors (Lipinski definition) is 4. The van der Waals surface area contributed by atoms with Gasteiger partial charge < -0.3 is 19.9 Å². The minimum absolute atomic E-state index is 0.223. The molecule has 0 spiro atoms. The van der Waals surface area contributed by atoms with E-state index < -0.39 is 24.1 Å². The number of carbonyl (C=O) groups excluding carboxylic acids is 1. The molecule has 1 rings (SSSR count). The Bertz CT molecular complexity index is 316. The van der Waals surface area contributed by atoms with Gasteiger partial charge in [-0.05, 0) is 19.8 Å². The molecule has 3 unspecified atom stereocenters. The van der Waals surface area contributed by atoms with Gasteiger partial charge in [0.15, 0.2) is 6.29 Å². The van der Waals surface area contributed by atoms with Crippen LogP contribution in [0.2, 0.25) is 0 Å². The Kier molecular flexibility index (Phi) is 6.24. The van der Waals surface area contributed by atoms with Crippen molar-refractivity contribution < 1.29 is 24.2 Å². The van der Waals surface area contributed by atoms with Gasteiger partial charge in [0, 0.05) is 14.2 Å². The van der Waals surface area contributed by atoms with Crippen LogP contribution in [-0.2, 0) is 19.1 Å². The zero-order valence-electron chi connectivity index (χ0n) is 11.7. The molecule has 1 saturated carbocycles. The summed E-state index contributed by atoms with van der Waals surface area (Å²) >= 11 is 0. The van der Waals surface area contributed by atoms with Gasteiger partial charge >= 0.3 is 5.97 Å². The lowest BCUT2D eigenvalue weighted by atomic mass is 9.78. The molecule has 1 aliphatic carbocycles. The maximum Gasteiger partial charge on any atom is 0.307 e. The van der Waals surface area contributed by atoms with E-state index in [2.05, 4.69) is 5.32 Å². The molecule has 110 valence electrons. The van der Waals surface area contributed by atoms with Crippen molar-refractivity contribution in [2.45, 2.75) is 44.9 Å². The molecule has 0 aromatic heterocycles. The Morgan fingerprint density at radius 1 is 1.16 bits per heavy atom. The lowest BCUT2D eigenvalue weighted by Crippen LogP contribution is -2.48. The number of carboxylic acid groups (broad SMARTS) is 1. The molecule has 3 atom stereocenters. The predicted octanol–water partition coefficient (Wildman–Crippen LogP) is 1.00. The number of methoxy groups -OCH3 is 2. The lowest BCUT2D eigenvalue weighted by Gasteiger charge is -2.30. The third kappa shape index (κ3) is 4.18. The summed E-state index contributed by atoms with van der Waals surface area (Å²) in [6.45, 7) is 1.77. The molecule has 0 saturated heterocycles. The van der Waals surface area contributed by atoms with Crippen LogP contribution in [0.1, 0.15) is 32.6 Å². The Labute approximate surface area is 113 Å². The second kappa shape index (κ2) is 7.45. The van der Waals surface area contributed by atoms with E-state index in [0.717, 1.165) is 12.8 Å². The summed E-state index contributed by atoms with van der Waals surface area (Å²) in [7, 11) is 3.00. The number of nitrogens with one attached hydrogen (secondary N) is 1. The highest BCUT2D eigenvalue weighted by molar-refractivity contribution is 5.85. The van der Waals surface area contributed by atoms with E-state index >= 15 is 0 Å². The number of hydrogen-bond donors (Lipinski definition) is 2. The van der Waals surface area contributed by atoms with Gasteiger partial charge in [0.2, 0.25) is 5.91 Å². The van der Waals surface area contributed by atoms with Crippen molar-refractivity contribution in [3.05, 3.63) is 0 Å². The van der Waals surface area contributed by atoms with Crippen LogP contribution in [0.4, 0.5) is 0 Å². The van der Waals surface area contributed by atoms with Gasteiger partial charge in [-0.1, -0.05) is 12.8 Å². The van der Waals surface area contributed by atoms with Crippen molar-refractivity contribution in [2.24, 2.45) is 11.8 Å². The average Bonchev–Trinajstić information content (AvgIpc) is 2.40. The van der Waals surface area contributed by atoms with E-state index in [-0.39, 0.29) is 11.9 Å². The molecular formula is C13H23NO5. The van der Waals surface area contributed by atoms with Crippen LogP contribution < -0.4 is 5.32 Å². The largest absolute Gasteiger partial charge is 0.481 e. The number of amides is 1. The van der Waals surface area contributed by atoms with E-state index in [4.69, 9.17) is 14.6 Å². The number of ether oxygens (including phenoxy) is 2. The van der Waals surface area contributed by atoms with Crippen LogP contribution in [0, 0.1) is 11.8 Å². The number of carbonyl (C=O) groups is 2. The predicted molar refractivity (Wildman–Crippen MR) is 68.5 cm³/mol. The molecule has 6 heteroatoms. The lowest BCUT2D eigenvalue weighted by molar-refractivity contribution is -0.151. The van der Waals surface area contributed by atoms with E-state index in [9.17, 15) is 9.59 Å². The highest BCUT2D eigenvalue weighted by atomic mass is 16.7. The molecule has 1 aliphatic rings. The molecule has 1 fully saturated rings. The summed E-state index contributed by atoms with van der Waals surface area (Å²) in [6, 6.07) is -0.320. The highest BCUT2D eigenvalue weighted by Crippen LogP contribution is 2.30. The van der Waals surface area contributed by atoms with Crippen LogP contribution in [0.5, 0.6) is 0 Å². The fourth-order valence-corrected chi connectivity index (χ4v) is 2.64. The smallest absolute Gasteiger partial charge is 0.307 e. The first-order valence-electron chi connectivity index (χ1n) is 6.60. The minimum atomic E-state index is -0.887. The normalized spacial score (nSPS) is 25.1. The van der Waals surface area contributed by atoms with Crippen molar-refractivity contribution in [3.8, 4) is 0 Å². The van der Waals surface area contributed by atoms with Gasteiger partial charge in [-0.25, -0.2) is 0 Å². The van der Waals surface area contributed by atoms with Crippen LogP contribution in [0.3, 0.4) is 0 Å². The first-order valence-corrected chi connectivity index (χ1v) is 6.60. The Hall–Kier alpha value is -1.14. The minimum Gasteiger partial charge on any atom is -0.481 e. The average molecular weight is 273 g/mol. The molecule has 6 nitrogen and oxygen atoms in total. The van der Waals surface area contributed by atoms with Crippen molar-refractivity contribution >= 4 is 11.9 Å². The molecule has 0 radical (unpaired) electrons. The monoisotopic (exact) mass is 273 g/mol. The molecule has 1 amide bonds. The number of aliphatic carboxylic acids is 1. The second-order valence-electron chi connectivity index (χ2n) is 4.97. The van der Waals surface area contributed by atoms with Crippen molar-refractivity contribution in [2.75, 3.05) is 14.2 Å². The third-order valence-corrected chi connectivity index (χ3v) is 3.66. The molecular weight excluding hydrogens is 250 g/mol. The van der Waals surface area contributed by atoms with Crippen LogP contribution in [-0.4, -0.2) is 43.5 Å². The highest BCUT2D eigenvalue weighted by Gasteiger charge is 2.36. The summed E-state index contributed by atoms with van der Waals surface area (Å²) in [5, 5.41) is 11.9. The van der Waals surface area contributed by atoms with Crippen molar-refractivity contribution in [1.82, 2.24) is 5.32 Å². The summed E-state index contributed by atoms with van der Waals surface area (Å²) in [5.41, 5.74) is 0. The fraction of sp³-hybridized carbons (Fsp3) is 0.846.